The topological polar surface area (TPSA) is 92.2 Å². The van der Waals surface area contributed by atoms with Crippen LogP contribution in [0, 0.1) is 0 Å². The summed E-state index contributed by atoms with van der Waals surface area (Å²) < 4.78 is 1.82. The molecule has 4 rings (SSSR count). The molecule has 1 saturated heterocycles. The van der Waals surface area contributed by atoms with Crippen molar-refractivity contribution in [3.63, 3.8) is 0 Å². The van der Waals surface area contributed by atoms with Crippen LogP contribution in [0.1, 0.15) is 18.7 Å². The fourth-order valence-corrected chi connectivity index (χ4v) is 3.43. The van der Waals surface area contributed by atoms with Crippen molar-refractivity contribution in [3.8, 4) is 0 Å². The summed E-state index contributed by atoms with van der Waals surface area (Å²) in [5.41, 5.74) is 0.864. The maximum atomic E-state index is 12.3. The van der Waals surface area contributed by atoms with E-state index in [9.17, 15) is 9.59 Å². The van der Waals surface area contributed by atoms with Gasteiger partial charge in [0.15, 0.2) is 0 Å². The Morgan fingerprint density at radius 3 is 2.76 bits per heavy atom. The summed E-state index contributed by atoms with van der Waals surface area (Å²) in [6.07, 6.45) is 3.50. The van der Waals surface area contributed by atoms with Gasteiger partial charge >= 0.3 is 6.03 Å². The van der Waals surface area contributed by atoms with E-state index in [1.807, 2.05) is 35.0 Å². The van der Waals surface area contributed by atoms with Crippen LogP contribution in [-0.4, -0.2) is 45.3 Å². The van der Waals surface area contributed by atoms with E-state index < -0.39 is 0 Å². The Morgan fingerprint density at radius 2 is 1.92 bits per heavy atom. The largest absolute Gasteiger partial charge is 0.334 e. The van der Waals surface area contributed by atoms with Gasteiger partial charge in [-0.15, -0.1) is 0 Å². The van der Waals surface area contributed by atoms with Crippen LogP contribution in [0.5, 0.6) is 0 Å². The van der Waals surface area contributed by atoms with Gasteiger partial charge in [0.2, 0.25) is 5.91 Å². The number of amides is 3. The van der Waals surface area contributed by atoms with Gasteiger partial charge in [0.05, 0.1) is 18.6 Å². The molecule has 0 radical (unpaired) electrons. The molecule has 8 heteroatoms. The normalized spacial score (nSPS) is 22.6. The highest BCUT2D eigenvalue weighted by Gasteiger charge is 2.32. The Bertz CT molecular complexity index is 774. The van der Waals surface area contributed by atoms with E-state index >= 15 is 0 Å². The number of hydrogen-bond acceptors (Lipinski definition) is 4. The average molecular weight is 340 g/mol. The van der Waals surface area contributed by atoms with Crippen LogP contribution < -0.4 is 15.5 Å². The third kappa shape index (κ3) is 3.33. The van der Waals surface area contributed by atoms with E-state index in [1.54, 1.807) is 11.2 Å². The second kappa shape index (κ2) is 6.54. The van der Waals surface area contributed by atoms with Crippen molar-refractivity contribution < 1.29 is 9.59 Å². The number of carbonyl (C=O) groups is 2. The number of urea groups is 1. The minimum Gasteiger partial charge on any atom is -0.334 e. The zero-order valence-corrected chi connectivity index (χ0v) is 13.8. The molecule has 0 saturated carbocycles. The highest BCUT2D eigenvalue weighted by Crippen LogP contribution is 2.21. The van der Waals surface area contributed by atoms with Gasteiger partial charge in [0.1, 0.15) is 12.2 Å². The Balaban J connectivity index is 1.31. The number of nitrogens with zero attached hydrogens (tertiary/aromatic N) is 4. The number of hydrogen-bond donors (Lipinski definition) is 2. The molecule has 1 fully saturated rings. The molecular formula is C17H20N6O2. The molecular weight excluding hydrogens is 320 g/mol. The third-order valence-corrected chi connectivity index (χ3v) is 4.67. The molecule has 2 aromatic rings. The van der Waals surface area contributed by atoms with Gasteiger partial charge in [-0.3, -0.25) is 4.79 Å². The molecule has 25 heavy (non-hydrogen) atoms. The molecule has 2 atom stereocenters. The van der Waals surface area contributed by atoms with Gasteiger partial charge in [-0.1, -0.05) is 18.2 Å². The first-order valence-corrected chi connectivity index (χ1v) is 8.48. The molecule has 2 N–H and O–H groups in total. The number of carbonyl (C=O) groups excluding carboxylic acids is 2. The fourth-order valence-electron chi connectivity index (χ4n) is 3.43. The fraction of sp³-hybridized carbons (Fsp3) is 0.412. The monoisotopic (exact) mass is 340 g/mol. The first-order valence-electron chi connectivity index (χ1n) is 8.48. The van der Waals surface area contributed by atoms with Crippen molar-refractivity contribution in [2.75, 3.05) is 11.4 Å². The van der Waals surface area contributed by atoms with Gasteiger partial charge in [-0.25, -0.2) is 14.5 Å². The van der Waals surface area contributed by atoms with Gasteiger partial charge in [-0.2, -0.15) is 5.10 Å². The quantitative estimate of drug-likeness (QED) is 0.860. The number of rotatable bonds is 3. The highest BCUT2D eigenvalue weighted by molar-refractivity contribution is 5.96. The van der Waals surface area contributed by atoms with E-state index in [1.165, 1.54) is 0 Å². The van der Waals surface area contributed by atoms with Crippen LogP contribution in [0.15, 0.2) is 36.7 Å². The maximum absolute atomic E-state index is 12.3. The minimum atomic E-state index is -0.235. The molecule has 2 aliphatic heterocycles. The minimum absolute atomic E-state index is 0.0246. The summed E-state index contributed by atoms with van der Waals surface area (Å²) in [5, 5.41) is 10.0. The second-order valence-corrected chi connectivity index (χ2v) is 6.45. The number of fused-ring (bicyclic) bond motifs is 1. The number of benzene rings is 1. The number of nitrogens with one attached hydrogen (secondary N) is 2. The van der Waals surface area contributed by atoms with Crippen LogP contribution in [0.4, 0.5) is 10.5 Å². The van der Waals surface area contributed by atoms with Gasteiger partial charge in [0, 0.05) is 25.1 Å². The Morgan fingerprint density at radius 1 is 1.12 bits per heavy atom. The van der Waals surface area contributed by atoms with Gasteiger partial charge in [0.25, 0.3) is 0 Å². The number of aryl methyl sites for hydroxylation is 1. The van der Waals surface area contributed by atoms with E-state index in [-0.39, 0.29) is 24.0 Å². The summed E-state index contributed by atoms with van der Waals surface area (Å²) in [5.74, 6) is 0.986. The summed E-state index contributed by atoms with van der Waals surface area (Å²) >= 11 is 0. The first kappa shape index (κ1) is 15.6. The highest BCUT2D eigenvalue weighted by atomic mass is 16.2. The lowest BCUT2D eigenvalue weighted by atomic mass is 10.1. The molecule has 1 aromatic carbocycles. The zero-order valence-electron chi connectivity index (χ0n) is 13.8. The smallest absolute Gasteiger partial charge is 0.315 e. The first-order chi connectivity index (χ1) is 12.2. The summed E-state index contributed by atoms with van der Waals surface area (Å²) in [6.45, 7) is 1.12. The van der Waals surface area contributed by atoms with Crippen molar-refractivity contribution in [1.82, 2.24) is 25.4 Å². The predicted octanol–water partition coefficient (Wildman–Crippen LogP) is 0.698. The van der Waals surface area contributed by atoms with Crippen LogP contribution in [-0.2, 0) is 17.8 Å². The molecule has 3 heterocycles. The standard InChI is InChI=1S/C17H20N6O2/c24-16-8-13(9-22(16)14-4-2-1-3-5-14)21-17(25)20-12-6-7-15-18-11-19-23(15)10-12/h1-5,11-13H,6-10H2,(H2,20,21,25)/t12-,13-/m1/s1. The van der Waals surface area contributed by atoms with E-state index in [0.717, 1.165) is 24.4 Å². The molecule has 3 amide bonds. The van der Waals surface area contributed by atoms with Crippen LogP contribution in [0.2, 0.25) is 0 Å². The lowest BCUT2D eigenvalue weighted by molar-refractivity contribution is -0.117. The zero-order chi connectivity index (χ0) is 17.2. The van der Waals surface area contributed by atoms with E-state index in [4.69, 9.17) is 0 Å². The summed E-state index contributed by atoms with van der Waals surface area (Å²) in [4.78, 5) is 30.4. The van der Waals surface area contributed by atoms with Crippen molar-refractivity contribution in [2.24, 2.45) is 0 Å². The lowest BCUT2D eigenvalue weighted by Crippen LogP contribution is -2.49. The molecule has 0 unspecified atom stereocenters. The third-order valence-electron chi connectivity index (χ3n) is 4.67. The van der Waals surface area contributed by atoms with Crippen LogP contribution >= 0.6 is 0 Å². The second-order valence-electron chi connectivity index (χ2n) is 6.45. The van der Waals surface area contributed by atoms with Gasteiger partial charge < -0.3 is 15.5 Å². The Kier molecular flexibility index (Phi) is 4.09. The van der Waals surface area contributed by atoms with Crippen molar-refractivity contribution in [2.45, 2.75) is 37.9 Å². The van der Waals surface area contributed by atoms with Crippen molar-refractivity contribution in [1.29, 1.82) is 0 Å². The lowest BCUT2D eigenvalue weighted by Gasteiger charge is -2.24. The summed E-state index contributed by atoms with van der Waals surface area (Å²) in [6, 6.07) is 9.12. The summed E-state index contributed by atoms with van der Waals surface area (Å²) in [7, 11) is 0. The van der Waals surface area contributed by atoms with Crippen molar-refractivity contribution in [3.05, 3.63) is 42.5 Å². The Hall–Kier alpha value is -2.90. The molecule has 0 aliphatic carbocycles. The molecule has 130 valence electrons. The van der Waals surface area contributed by atoms with Crippen molar-refractivity contribution >= 4 is 17.6 Å². The van der Waals surface area contributed by atoms with Gasteiger partial charge in [-0.05, 0) is 18.6 Å². The van der Waals surface area contributed by atoms with Crippen LogP contribution in [0.3, 0.4) is 0 Å². The molecule has 0 bridgehead atoms. The SMILES string of the molecule is O=C(N[C@@H]1CC(=O)N(c2ccccc2)C1)N[C@@H]1CCc2ncnn2C1. The number of aromatic nitrogens is 3. The van der Waals surface area contributed by atoms with E-state index in [2.05, 4.69) is 20.7 Å². The Labute approximate surface area is 145 Å². The molecule has 0 spiro atoms. The number of para-hydroxylation sites is 1. The average Bonchev–Trinajstić information content (AvgIpc) is 3.21. The molecule has 8 nitrogen and oxygen atoms in total. The predicted molar refractivity (Wildman–Crippen MR) is 91.0 cm³/mol. The molecule has 1 aromatic heterocycles. The molecule has 2 aliphatic rings. The van der Waals surface area contributed by atoms with Crippen LogP contribution in [0.25, 0.3) is 0 Å². The number of anilines is 1. The van der Waals surface area contributed by atoms with E-state index in [0.29, 0.717) is 19.5 Å². The maximum Gasteiger partial charge on any atom is 0.315 e.